The fourth-order valence-corrected chi connectivity index (χ4v) is 4.40. The molecule has 3 rings (SSSR count). The van der Waals surface area contributed by atoms with E-state index in [1.807, 2.05) is 18.3 Å². The molecule has 1 aromatic heterocycles. The van der Waals surface area contributed by atoms with Crippen molar-refractivity contribution >= 4 is 29.9 Å². The Hall–Kier alpha value is -0.890. The largest absolute Gasteiger partial charge is 0.378 e. The Kier molecular flexibility index (Phi) is 8.60. The van der Waals surface area contributed by atoms with Gasteiger partial charge >= 0.3 is 0 Å². The van der Waals surface area contributed by atoms with Gasteiger partial charge in [0.25, 0.3) is 0 Å². The molecule has 0 bridgehead atoms. The fraction of sp³-hybridized carbons (Fsp3) is 0.700. The molecule has 1 aromatic rings. The van der Waals surface area contributed by atoms with Gasteiger partial charge in [0.1, 0.15) is 0 Å². The van der Waals surface area contributed by atoms with Gasteiger partial charge in [0.15, 0.2) is 5.96 Å². The second-order valence-corrected chi connectivity index (χ2v) is 7.15. The normalized spacial score (nSPS) is 24.0. The number of rotatable bonds is 7. The monoisotopic (exact) mass is 472 g/mol. The van der Waals surface area contributed by atoms with Crippen LogP contribution >= 0.6 is 24.0 Å². The molecule has 6 heteroatoms. The zero-order valence-electron chi connectivity index (χ0n) is 16.0. The number of ether oxygens (including phenoxy) is 1. The first-order valence-corrected chi connectivity index (χ1v) is 9.85. The van der Waals surface area contributed by atoms with Crippen molar-refractivity contribution in [3.05, 3.63) is 30.1 Å². The lowest BCUT2D eigenvalue weighted by molar-refractivity contribution is -0.125. The van der Waals surface area contributed by atoms with Crippen LogP contribution in [0.3, 0.4) is 0 Å². The molecule has 0 saturated heterocycles. The third kappa shape index (κ3) is 4.88. The third-order valence-electron chi connectivity index (χ3n) is 5.71. The van der Waals surface area contributed by atoms with Crippen LogP contribution in [0.2, 0.25) is 0 Å². The Bertz CT molecular complexity index is 560. The molecule has 5 nitrogen and oxygen atoms in total. The number of halogens is 1. The van der Waals surface area contributed by atoms with Crippen molar-refractivity contribution in [1.82, 2.24) is 15.6 Å². The van der Waals surface area contributed by atoms with E-state index in [1.165, 1.54) is 25.7 Å². The molecule has 2 fully saturated rings. The first-order valence-electron chi connectivity index (χ1n) is 9.85. The van der Waals surface area contributed by atoms with Gasteiger partial charge in [-0.15, -0.1) is 24.0 Å². The molecule has 0 aliphatic heterocycles. The summed E-state index contributed by atoms with van der Waals surface area (Å²) in [7, 11) is 0. The summed E-state index contributed by atoms with van der Waals surface area (Å²) in [5, 5.41) is 7.10. The standard InChI is InChI=1S/C20H32N4O.HI/c1-3-21-19(23-14-10-16-9-5-8-13-22-16)24-17-15-18(25-4-2)20(17)11-6-7-12-20;/h5,8-9,13,17-18H,3-4,6-7,10-12,14-15H2,1-2H3,(H2,21,23,24);1H. The minimum absolute atomic E-state index is 0. The van der Waals surface area contributed by atoms with Crippen LogP contribution in [0, 0.1) is 5.41 Å². The second-order valence-electron chi connectivity index (χ2n) is 7.15. The van der Waals surface area contributed by atoms with Crippen LogP contribution < -0.4 is 10.6 Å². The number of hydrogen-bond acceptors (Lipinski definition) is 3. The lowest BCUT2D eigenvalue weighted by Crippen LogP contribution is -2.65. The molecule has 0 amide bonds. The fourth-order valence-electron chi connectivity index (χ4n) is 4.40. The van der Waals surface area contributed by atoms with Gasteiger partial charge in [0, 0.05) is 49.5 Å². The number of pyridine rings is 1. The molecule has 2 unspecified atom stereocenters. The van der Waals surface area contributed by atoms with E-state index in [0.717, 1.165) is 44.2 Å². The van der Waals surface area contributed by atoms with Gasteiger partial charge in [0.2, 0.25) is 0 Å². The number of guanidine groups is 1. The first-order chi connectivity index (χ1) is 12.3. The highest BCUT2D eigenvalue weighted by Crippen LogP contribution is 2.54. The van der Waals surface area contributed by atoms with Gasteiger partial charge in [0.05, 0.1) is 6.10 Å². The lowest BCUT2D eigenvalue weighted by Gasteiger charge is -2.54. The van der Waals surface area contributed by atoms with E-state index in [9.17, 15) is 0 Å². The van der Waals surface area contributed by atoms with Gasteiger partial charge in [-0.25, -0.2) is 0 Å². The van der Waals surface area contributed by atoms with E-state index in [0.29, 0.717) is 17.6 Å². The smallest absolute Gasteiger partial charge is 0.191 e. The summed E-state index contributed by atoms with van der Waals surface area (Å²) >= 11 is 0. The molecule has 2 aliphatic rings. The minimum atomic E-state index is 0. The van der Waals surface area contributed by atoms with Crippen molar-refractivity contribution in [1.29, 1.82) is 0 Å². The number of aromatic nitrogens is 1. The van der Waals surface area contributed by atoms with E-state index < -0.39 is 0 Å². The van der Waals surface area contributed by atoms with Crippen molar-refractivity contribution in [3.8, 4) is 0 Å². The molecule has 0 aromatic carbocycles. The summed E-state index contributed by atoms with van der Waals surface area (Å²) in [5.74, 6) is 0.935. The highest BCUT2D eigenvalue weighted by molar-refractivity contribution is 14.0. The van der Waals surface area contributed by atoms with Gasteiger partial charge in [-0.1, -0.05) is 18.9 Å². The van der Waals surface area contributed by atoms with Crippen LogP contribution in [0.4, 0.5) is 0 Å². The number of hydrogen-bond donors (Lipinski definition) is 2. The van der Waals surface area contributed by atoms with Crippen LogP contribution in [-0.4, -0.2) is 42.8 Å². The summed E-state index contributed by atoms with van der Waals surface area (Å²) in [6, 6.07) is 6.52. The predicted molar refractivity (Wildman–Crippen MR) is 117 cm³/mol. The Morgan fingerprint density at radius 3 is 2.77 bits per heavy atom. The predicted octanol–water partition coefficient (Wildman–Crippen LogP) is 3.54. The summed E-state index contributed by atoms with van der Waals surface area (Å²) in [4.78, 5) is 9.14. The topological polar surface area (TPSA) is 58.5 Å². The minimum Gasteiger partial charge on any atom is -0.378 e. The Morgan fingerprint density at radius 1 is 1.31 bits per heavy atom. The summed E-state index contributed by atoms with van der Waals surface area (Å²) < 4.78 is 6.02. The van der Waals surface area contributed by atoms with E-state index in [1.54, 1.807) is 0 Å². The molecular formula is C20H33IN4O. The highest BCUT2D eigenvalue weighted by Gasteiger charge is 2.56. The second kappa shape index (κ2) is 10.4. The Balaban J connectivity index is 0.00000243. The number of nitrogens with one attached hydrogen (secondary N) is 2. The molecule has 2 aliphatic carbocycles. The quantitative estimate of drug-likeness (QED) is 0.362. The van der Waals surface area contributed by atoms with Gasteiger partial charge < -0.3 is 15.4 Å². The SMILES string of the molecule is CCNC(=NCCc1ccccn1)NC1CC(OCC)C12CCCC2.I. The maximum atomic E-state index is 6.02. The van der Waals surface area contributed by atoms with Gasteiger partial charge in [-0.3, -0.25) is 9.98 Å². The average molecular weight is 472 g/mol. The number of nitrogens with zero attached hydrogens (tertiary/aromatic N) is 2. The van der Waals surface area contributed by atoms with E-state index in [2.05, 4.69) is 35.5 Å². The van der Waals surface area contributed by atoms with Crippen molar-refractivity contribution in [2.45, 2.75) is 64.5 Å². The van der Waals surface area contributed by atoms with Crippen LogP contribution in [-0.2, 0) is 11.2 Å². The summed E-state index contributed by atoms with van der Waals surface area (Å²) in [6.07, 6.45) is 9.45. The van der Waals surface area contributed by atoms with Crippen molar-refractivity contribution in [3.63, 3.8) is 0 Å². The Morgan fingerprint density at radius 2 is 2.12 bits per heavy atom. The maximum absolute atomic E-state index is 6.02. The van der Waals surface area contributed by atoms with Gasteiger partial charge in [-0.2, -0.15) is 0 Å². The van der Waals surface area contributed by atoms with Crippen molar-refractivity contribution in [2.24, 2.45) is 10.4 Å². The summed E-state index contributed by atoms with van der Waals surface area (Å²) in [5.41, 5.74) is 1.42. The van der Waals surface area contributed by atoms with Crippen molar-refractivity contribution in [2.75, 3.05) is 19.7 Å². The molecule has 1 heterocycles. The van der Waals surface area contributed by atoms with Crippen LogP contribution in [0.5, 0.6) is 0 Å². The zero-order valence-corrected chi connectivity index (χ0v) is 18.4. The van der Waals surface area contributed by atoms with Crippen molar-refractivity contribution < 1.29 is 4.74 Å². The lowest BCUT2D eigenvalue weighted by atomic mass is 9.60. The average Bonchev–Trinajstić information content (AvgIpc) is 3.15. The zero-order chi connectivity index (χ0) is 17.5. The molecule has 2 N–H and O–H groups in total. The number of aliphatic imine (C=N–C) groups is 1. The van der Waals surface area contributed by atoms with Crippen LogP contribution in [0.25, 0.3) is 0 Å². The highest BCUT2D eigenvalue weighted by atomic mass is 127. The molecular weight excluding hydrogens is 439 g/mol. The summed E-state index contributed by atoms with van der Waals surface area (Å²) in [6.45, 7) is 6.67. The molecule has 1 spiro atoms. The molecule has 146 valence electrons. The van der Waals surface area contributed by atoms with Crippen LogP contribution in [0.15, 0.2) is 29.4 Å². The van der Waals surface area contributed by atoms with E-state index in [4.69, 9.17) is 9.73 Å². The first kappa shape index (κ1) is 21.4. The molecule has 0 radical (unpaired) electrons. The van der Waals surface area contributed by atoms with Gasteiger partial charge in [-0.05, 0) is 45.2 Å². The molecule has 2 saturated carbocycles. The van der Waals surface area contributed by atoms with E-state index in [-0.39, 0.29) is 24.0 Å². The molecule has 2 atom stereocenters. The third-order valence-corrected chi connectivity index (χ3v) is 5.71. The Labute approximate surface area is 174 Å². The maximum Gasteiger partial charge on any atom is 0.191 e. The molecule has 26 heavy (non-hydrogen) atoms. The van der Waals surface area contributed by atoms with E-state index >= 15 is 0 Å². The van der Waals surface area contributed by atoms with Crippen LogP contribution in [0.1, 0.15) is 51.6 Å².